The van der Waals surface area contributed by atoms with Gasteiger partial charge in [0.2, 0.25) is 0 Å². The highest BCUT2D eigenvalue weighted by Crippen LogP contribution is 2.50. The average molecular weight is 234 g/mol. The zero-order valence-electron chi connectivity index (χ0n) is 10.6. The van der Waals surface area contributed by atoms with E-state index in [1.165, 1.54) is 6.33 Å². The molecule has 0 N–H and O–H groups in total. The number of esters is 1. The van der Waals surface area contributed by atoms with Crippen LogP contribution in [0, 0.1) is 0 Å². The summed E-state index contributed by atoms with van der Waals surface area (Å²) in [5.74, 6) is -0.145. The molecule has 0 aliphatic heterocycles. The number of carbonyl (C=O) groups is 1. The van der Waals surface area contributed by atoms with Gasteiger partial charge in [-0.3, -0.25) is 4.79 Å². The Bertz CT molecular complexity index is 405. The van der Waals surface area contributed by atoms with Crippen LogP contribution in [0.3, 0.4) is 0 Å². The molecule has 92 valence electrons. The van der Waals surface area contributed by atoms with E-state index in [9.17, 15) is 4.79 Å². The Morgan fingerprint density at radius 3 is 2.65 bits per heavy atom. The molecule has 17 heavy (non-hydrogen) atoms. The summed E-state index contributed by atoms with van der Waals surface area (Å²) in [5, 5.41) is 0. The van der Waals surface area contributed by atoms with E-state index < -0.39 is 5.60 Å². The molecule has 0 radical (unpaired) electrons. The van der Waals surface area contributed by atoms with E-state index in [0.29, 0.717) is 6.42 Å². The van der Waals surface area contributed by atoms with Crippen LogP contribution in [0.5, 0.6) is 0 Å². The van der Waals surface area contributed by atoms with E-state index in [-0.39, 0.29) is 11.4 Å². The fourth-order valence-corrected chi connectivity index (χ4v) is 1.93. The van der Waals surface area contributed by atoms with Gasteiger partial charge in [-0.15, -0.1) is 0 Å². The first-order chi connectivity index (χ1) is 7.91. The normalized spacial score (nSPS) is 17.6. The topological polar surface area (TPSA) is 52.1 Å². The average Bonchev–Trinajstić information content (AvgIpc) is 2.97. The van der Waals surface area contributed by atoms with E-state index in [4.69, 9.17) is 4.74 Å². The largest absolute Gasteiger partial charge is 0.460 e. The van der Waals surface area contributed by atoms with Crippen LogP contribution < -0.4 is 0 Å². The standard InChI is InChI=1S/C13H18N2O2/c1-12(2,3)17-11(16)8-13(5-6-13)10-4-7-14-9-15-10/h4,7,9H,5-6,8H2,1-3H3. The summed E-state index contributed by atoms with van der Waals surface area (Å²) < 4.78 is 5.35. The number of rotatable bonds is 3. The van der Waals surface area contributed by atoms with Crippen LogP contribution >= 0.6 is 0 Å². The Morgan fingerprint density at radius 2 is 2.18 bits per heavy atom. The lowest BCUT2D eigenvalue weighted by molar-refractivity contribution is -0.155. The van der Waals surface area contributed by atoms with E-state index in [2.05, 4.69) is 9.97 Å². The van der Waals surface area contributed by atoms with E-state index in [0.717, 1.165) is 18.5 Å². The fourth-order valence-electron chi connectivity index (χ4n) is 1.93. The number of carbonyl (C=O) groups excluding carboxylic acids is 1. The summed E-state index contributed by atoms with van der Waals surface area (Å²) >= 11 is 0. The van der Waals surface area contributed by atoms with E-state index in [1.54, 1.807) is 6.20 Å². The van der Waals surface area contributed by atoms with Crippen LogP contribution in [0.2, 0.25) is 0 Å². The van der Waals surface area contributed by atoms with Gasteiger partial charge in [0, 0.05) is 11.6 Å². The zero-order chi connectivity index (χ0) is 12.5. The van der Waals surface area contributed by atoms with Crippen LogP contribution in [0.15, 0.2) is 18.6 Å². The maximum Gasteiger partial charge on any atom is 0.307 e. The summed E-state index contributed by atoms with van der Waals surface area (Å²) in [4.78, 5) is 20.0. The number of hydrogen-bond acceptors (Lipinski definition) is 4. The molecule has 2 rings (SSSR count). The smallest absolute Gasteiger partial charge is 0.307 e. The maximum atomic E-state index is 11.8. The molecule has 1 fully saturated rings. The Kier molecular flexibility index (Phi) is 2.89. The van der Waals surface area contributed by atoms with Crippen molar-refractivity contribution in [2.45, 2.75) is 51.0 Å². The van der Waals surface area contributed by atoms with Crippen molar-refractivity contribution in [3.05, 3.63) is 24.3 Å². The molecule has 4 heteroatoms. The van der Waals surface area contributed by atoms with Gasteiger partial charge in [-0.25, -0.2) is 9.97 Å². The Hall–Kier alpha value is -1.45. The highest BCUT2D eigenvalue weighted by Gasteiger charge is 2.48. The van der Waals surface area contributed by atoms with Gasteiger partial charge in [-0.05, 0) is 39.7 Å². The number of nitrogens with zero attached hydrogens (tertiary/aromatic N) is 2. The second-order valence-corrected chi connectivity index (χ2v) is 5.64. The van der Waals surface area contributed by atoms with Crippen LogP contribution in [-0.2, 0) is 14.9 Å². The SMILES string of the molecule is CC(C)(C)OC(=O)CC1(c2ccncn2)CC1. The summed E-state index contributed by atoms with van der Waals surface area (Å²) in [6, 6.07) is 1.89. The predicted octanol–water partition coefficient (Wildman–Crippen LogP) is 2.24. The highest BCUT2D eigenvalue weighted by molar-refractivity contribution is 5.72. The lowest BCUT2D eigenvalue weighted by Crippen LogP contribution is -2.26. The molecule has 0 atom stereocenters. The first kappa shape index (κ1) is 12.0. The first-order valence-corrected chi connectivity index (χ1v) is 5.90. The van der Waals surface area contributed by atoms with Crippen molar-refractivity contribution in [2.75, 3.05) is 0 Å². The molecule has 1 aliphatic carbocycles. The van der Waals surface area contributed by atoms with Crippen LogP contribution in [0.25, 0.3) is 0 Å². The molecule has 1 aromatic heterocycles. The van der Waals surface area contributed by atoms with Gasteiger partial charge >= 0.3 is 5.97 Å². The van der Waals surface area contributed by atoms with E-state index in [1.807, 2.05) is 26.8 Å². The van der Waals surface area contributed by atoms with Gasteiger partial charge in [0.15, 0.2) is 0 Å². The highest BCUT2D eigenvalue weighted by atomic mass is 16.6. The molecule has 0 unspecified atom stereocenters. The molecule has 0 amide bonds. The van der Waals surface area contributed by atoms with Gasteiger partial charge in [0.1, 0.15) is 11.9 Å². The number of aromatic nitrogens is 2. The Balaban J connectivity index is 2.02. The van der Waals surface area contributed by atoms with Crippen molar-refractivity contribution < 1.29 is 9.53 Å². The van der Waals surface area contributed by atoms with Gasteiger partial charge in [0.25, 0.3) is 0 Å². The van der Waals surface area contributed by atoms with Crippen molar-refractivity contribution in [1.29, 1.82) is 0 Å². The maximum absolute atomic E-state index is 11.8. The molecule has 4 nitrogen and oxygen atoms in total. The first-order valence-electron chi connectivity index (χ1n) is 5.90. The van der Waals surface area contributed by atoms with Crippen molar-refractivity contribution in [2.24, 2.45) is 0 Å². The van der Waals surface area contributed by atoms with Gasteiger partial charge in [-0.1, -0.05) is 0 Å². The van der Waals surface area contributed by atoms with Crippen molar-refractivity contribution in [3.8, 4) is 0 Å². The molecule has 1 heterocycles. The molecule has 1 saturated carbocycles. The predicted molar refractivity (Wildman–Crippen MR) is 63.4 cm³/mol. The van der Waals surface area contributed by atoms with E-state index >= 15 is 0 Å². The minimum atomic E-state index is -0.418. The van der Waals surface area contributed by atoms with Gasteiger partial charge < -0.3 is 4.74 Å². The van der Waals surface area contributed by atoms with Crippen molar-refractivity contribution in [3.63, 3.8) is 0 Å². The quantitative estimate of drug-likeness (QED) is 0.753. The zero-order valence-corrected chi connectivity index (χ0v) is 10.6. The number of hydrogen-bond donors (Lipinski definition) is 0. The number of ether oxygens (including phenoxy) is 1. The molecule has 1 aliphatic rings. The third-order valence-electron chi connectivity index (χ3n) is 2.88. The van der Waals surface area contributed by atoms with Crippen LogP contribution in [0.4, 0.5) is 0 Å². The molecule has 0 aromatic carbocycles. The molecular weight excluding hydrogens is 216 g/mol. The summed E-state index contributed by atoms with van der Waals surface area (Å²) in [6.07, 6.45) is 5.68. The van der Waals surface area contributed by atoms with Crippen LogP contribution in [-0.4, -0.2) is 21.5 Å². The minimum Gasteiger partial charge on any atom is -0.460 e. The summed E-state index contributed by atoms with van der Waals surface area (Å²) in [7, 11) is 0. The molecule has 0 saturated heterocycles. The van der Waals surface area contributed by atoms with Gasteiger partial charge in [-0.2, -0.15) is 0 Å². The Labute approximate surface area is 101 Å². The van der Waals surface area contributed by atoms with Crippen molar-refractivity contribution in [1.82, 2.24) is 9.97 Å². The summed E-state index contributed by atoms with van der Waals surface area (Å²) in [5.41, 5.74) is 0.447. The third-order valence-corrected chi connectivity index (χ3v) is 2.88. The van der Waals surface area contributed by atoms with Gasteiger partial charge in [0.05, 0.1) is 12.1 Å². The fraction of sp³-hybridized carbons (Fsp3) is 0.615. The second-order valence-electron chi connectivity index (χ2n) is 5.64. The minimum absolute atomic E-state index is 0.0920. The lowest BCUT2D eigenvalue weighted by atomic mass is 9.98. The van der Waals surface area contributed by atoms with Crippen LogP contribution in [0.1, 0.15) is 45.7 Å². The molecule has 0 bridgehead atoms. The molecular formula is C13H18N2O2. The molecule has 0 spiro atoms. The lowest BCUT2D eigenvalue weighted by Gasteiger charge is -2.21. The summed E-state index contributed by atoms with van der Waals surface area (Å²) in [6.45, 7) is 5.65. The monoisotopic (exact) mass is 234 g/mol. The Morgan fingerprint density at radius 1 is 1.47 bits per heavy atom. The molecule has 1 aromatic rings. The third kappa shape index (κ3) is 3.02. The van der Waals surface area contributed by atoms with Crippen molar-refractivity contribution >= 4 is 5.97 Å². The second kappa shape index (κ2) is 4.09.